The van der Waals surface area contributed by atoms with E-state index in [4.69, 9.17) is 4.74 Å². The van der Waals surface area contributed by atoms with Gasteiger partial charge < -0.3 is 14.2 Å². The van der Waals surface area contributed by atoms with Gasteiger partial charge in [-0.25, -0.2) is 0 Å². The Balaban J connectivity index is 1.92. The number of hydrogen-bond acceptors (Lipinski definition) is 4. The lowest BCUT2D eigenvalue weighted by atomic mass is 10.1. The van der Waals surface area contributed by atoms with E-state index < -0.39 is 6.10 Å². The van der Waals surface area contributed by atoms with Crippen LogP contribution in [0, 0.1) is 6.92 Å². The van der Waals surface area contributed by atoms with Crippen molar-refractivity contribution in [3.63, 3.8) is 0 Å². The van der Waals surface area contributed by atoms with Crippen molar-refractivity contribution in [1.82, 2.24) is 4.57 Å². The van der Waals surface area contributed by atoms with Crippen molar-refractivity contribution in [2.75, 3.05) is 11.9 Å². The summed E-state index contributed by atoms with van der Waals surface area (Å²) < 4.78 is 7.34. The maximum absolute atomic E-state index is 12.6. The van der Waals surface area contributed by atoms with Crippen LogP contribution in [0.25, 0.3) is 0 Å². The molecule has 0 saturated carbocycles. The Hall–Kier alpha value is -2.41. The van der Waals surface area contributed by atoms with Gasteiger partial charge in [-0.2, -0.15) is 0 Å². The number of ether oxygens (including phenoxy) is 1. The highest BCUT2D eigenvalue weighted by Crippen LogP contribution is 2.34. The number of carbonyl (C=O) groups is 2. The molecule has 0 N–H and O–H groups in total. The molecular formula is C18H17BrN2O4. The number of pyridine rings is 1. The molecule has 3 rings (SSSR count). The molecule has 0 radical (unpaired) electrons. The Bertz CT molecular complexity index is 935. The molecule has 1 atom stereocenters. The van der Waals surface area contributed by atoms with Crippen LogP contribution in [0.4, 0.5) is 5.69 Å². The number of likely N-dealkylation sites (N-methyl/N-ethyl adjacent to an activating group) is 1. The van der Waals surface area contributed by atoms with E-state index in [-0.39, 0.29) is 23.8 Å². The third kappa shape index (κ3) is 3.24. The molecule has 25 heavy (non-hydrogen) atoms. The van der Waals surface area contributed by atoms with Crippen molar-refractivity contribution >= 4 is 33.3 Å². The summed E-state index contributed by atoms with van der Waals surface area (Å²) in [5.41, 5.74) is 1.58. The maximum atomic E-state index is 12.6. The zero-order valence-electron chi connectivity index (χ0n) is 14.1. The minimum atomic E-state index is -0.553. The predicted octanol–water partition coefficient (Wildman–Crippen LogP) is 2.55. The number of hydrogen-bond donors (Lipinski definition) is 0. The van der Waals surface area contributed by atoms with Gasteiger partial charge in [0.15, 0.2) is 11.9 Å². The second-order valence-corrected chi connectivity index (χ2v) is 6.92. The van der Waals surface area contributed by atoms with E-state index in [0.29, 0.717) is 21.5 Å². The van der Waals surface area contributed by atoms with Crippen LogP contribution in [0.15, 0.2) is 39.7 Å². The van der Waals surface area contributed by atoms with Crippen LogP contribution in [0.2, 0.25) is 0 Å². The standard InChI is InChI=1S/C18H17BrN2O4/c1-10-6-13(19)18(24)21(8-10)9-15(22)12-4-5-16-14(7-12)20(3)17(23)11(2)25-16/h4-8,11H,9H2,1-3H3. The van der Waals surface area contributed by atoms with Gasteiger partial charge in [0.1, 0.15) is 5.75 Å². The van der Waals surface area contributed by atoms with E-state index in [1.54, 1.807) is 44.4 Å². The molecule has 1 aliphatic rings. The average Bonchev–Trinajstić information content (AvgIpc) is 2.57. The molecule has 1 amide bonds. The van der Waals surface area contributed by atoms with E-state index in [0.717, 1.165) is 5.56 Å². The van der Waals surface area contributed by atoms with Crippen molar-refractivity contribution < 1.29 is 14.3 Å². The molecular weight excluding hydrogens is 388 g/mol. The minimum Gasteiger partial charge on any atom is -0.479 e. The highest BCUT2D eigenvalue weighted by Gasteiger charge is 2.29. The topological polar surface area (TPSA) is 68.6 Å². The molecule has 1 unspecified atom stereocenters. The van der Waals surface area contributed by atoms with Crippen molar-refractivity contribution in [2.45, 2.75) is 26.5 Å². The number of nitrogens with zero attached hydrogens (tertiary/aromatic N) is 2. The molecule has 0 spiro atoms. The van der Waals surface area contributed by atoms with E-state index in [1.165, 1.54) is 9.47 Å². The Morgan fingerprint density at radius 2 is 2.00 bits per heavy atom. The normalized spacial score (nSPS) is 16.4. The lowest BCUT2D eigenvalue weighted by molar-refractivity contribution is -0.125. The summed E-state index contributed by atoms with van der Waals surface area (Å²) in [4.78, 5) is 38.3. The van der Waals surface area contributed by atoms with Crippen molar-refractivity contribution in [3.05, 3.63) is 56.4 Å². The van der Waals surface area contributed by atoms with E-state index in [9.17, 15) is 14.4 Å². The number of rotatable bonds is 3. The Kier molecular flexibility index (Phi) is 4.51. The molecule has 0 saturated heterocycles. The van der Waals surface area contributed by atoms with Crippen LogP contribution in [-0.4, -0.2) is 29.4 Å². The maximum Gasteiger partial charge on any atom is 0.267 e. The minimum absolute atomic E-state index is 0.0766. The van der Waals surface area contributed by atoms with Gasteiger partial charge in [0.25, 0.3) is 11.5 Å². The molecule has 7 heteroatoms. The van der Waals surface area contributed by atoms with E-state index in [1.807, 2.05) is 6.92 Å². The van der Waals surface area contributed by atoms with Gasteiger partial charge in [0.2, 0.25) is 0 Å². The lowest BCUT2D eigenvalue weighted by Crippen LogP contribution is -2.42. The van der Waals surface area contributed by atoms with Crippen LogP contribution in [0.3, 0.4) is 0 Å². The first-order valence-electron chi connectivity index (χ1n) is 7.76. The molecule has 0 aliphatic carbocycles. The third-order valence-electron chi connectivity index (χ3n) is 4.12. The van der Waals surface area contributed by atoms with Crippen LogP contribution >= 0.6 is 15.9 Å². The summed E-state index contributed by atoms with van der Waals surface area (Å²) in [5, 5.41) is 0. The summed E-state index contributed by atoms with van der Waals surface area (Å²) in [7, 11) is 1.65. The number of ketones is 1. The van der Waals surface area contributed by atoms with Gasteiger partial charge in [-0.1, -0.05) is 0 Å². The fraction of sp³-hybridized carbons (Fsp3) is 0.278. The molecule has 130 valence electrons. The highest BCUT2D eigenvalue weighted by molar-refractivity contribution is 9.10. The first-order valence-corrected chi connectivity index (χ1v) is 8.55. The van der Waals surface area contributed by atoms with Gasteiger partial charge in [-0.3, -0.25) is 14.4 Å². The number of fused-ring (bicyclic) bond motifs is 1. The van der Waals surface area contributed by atoms with Crippen LogP contribution in [-0.2, 0) is 11.3 Å². The molecule has 2 aromatic rings. The molecule has 2 heterocycles. The van der Waals surface area contributed by atoms with Crippen LogP contribution in [0.1, 0.15) is 22.8 Å². The zero-order chi connectivity index (χ0) is 18.3. The second-order valence-electron chi connectivity index (χ2n) is 6.06. The summed E-state index contributed by atoms with van der Waals surface area (Å²) in [6.07, 6.45) is 1.09. The van der Waals surface area contributed by atoms with Crippen LogP contribution < -0.4 is 15.2 Å². The Morgan fingerprint density at radius 3 is 2.72 bits per heavy atom. The average molecular weight is 405 g/mol. The summed E-state index contributed by atoms with van der Waals surface area (Å²) in [5.74, 6) is 0.166. The van der Waals surface area contributed by atoms with Crippen LogP contribution in [0.5, 0.6) is 5.75 Å². The van der Waals surface area contributed by atoms with Gasteiger partial charge in [-0.05, 0) is 59.6 Å². The smallest absolute Gasteiger partial charge is 0.267 e. The van der Waals surface area contributed by atoms with Gasteiger partial charge in [0.05, 0.1) is 16.7 Å². The predicted molar refractivity (Wildman–Crippen MR) is 97.4 cm³/mol. The molecule has 1 aromatic heterocycles. The number of anilines is 1. The van der Waals surface area contributed by atoms with E-state index in [2.05, 4.69) is 15.9 Å². The van der Waals surface area contributed by atoms with E-state index >= 15 is 0 Å². The number of Topliss-reactive ketones (excluding diaryl/α,β-unsaturated/α-hetero) is 1. The number of aromatic nitrogens is 1. The second kappa shape index (κ2) is 6.48. The first-order chi connectivity index (χ1) is 11.8. The summed E-state index contributed by atoms with van der Waals surface area (Å²) in [6, 6.07) is 6.66. The summed E-state index contributed by atoms with van der Waals surface area (Å²) >= 11 is 3.21. The zero-order valence-corrected chi connectivity index (χ0v) is 15.7. The molecule has 0 bridgehead atoms. The van der Waals surface area contributed by atoms with Gasteiger partial charge >= 0.3 is 0 Å². The molecule has 6 nitrogen and oxygen atoms in total. The number of aryl methyl sites for hydroxylation is 1. The first kappa shape index (κ1) is 17.4. The van der Waals surface area contributed by atoms with Crippen molar-refractivity contribution in [1.29, 1.82) is 0 Å². The largest absolute Gasteiger partial charge is 0.479 e. The quantitative estimate of drug-likeness (QED) is 0.737. The molecule has 1 aromatic carbocycles. The molecule has 1 aliphatic heterocycles. The fourth-order valence-corrected chi connectivity index (χ4v) is 3.38. The monoisotopic (exact) mass is 404 g/mol. The van der Waals surface area contributed by atoms with Crippen molar-refractivity contribution in [3.8, 4) is 5.75 Å². The Morgan fingerprint density at radius 1 is 1.28 bits per heavy atom. The van der Waals surface area contributed by atoms with Gasteiger partial charge in [-0.15, -0.1) is 0 Å². The Labute approximate surface area is 153 Å². The number of benzene rings is 1. The molecule has 0 fully saturated rings. The van der Waals surface area contributed by atoms with Crippen molar-refractivity contribution in [2.24, 2.45) is 0 Å². The fourth-order valence-electron chi connectivity index (χ4n) is 2.79. The number of carbonyl (C=O) groups excluding carboxylic acids is 2. The summed E-state index contributed by atoms with van der Waals surface area (Å²) in [6.45, 7) is 3.46. The SMILES string of the molecule is Cc1cc(Br)c(=O)n(CC(=O)c2ccc3c(c2)N(C)C(=O)C(C)O3)c1. The van der Waals surface area contributed by atoms with Gasteiger partial charge in [0, 0.05) is 18.8 Å². The third-order valence-corrected chi connectivity index (χ3v) is 4.69. The highest BCUT2D eigenvalue weighted by atomic mass is 79.9. The lowest BCUT2D eigenvalue weighted by Gasteiger charge is -2.30. The number of halogens is 1. The number of amides is 1.